The lowest BCUT2D eigenvalue weighted by Crippen LogP contribution is -2.14. The maximum atomic E-state index is 5.36. The first-order valence-electron chi connectivity index (χ1n) is 5.37. The quantitative estimate of drug-likeness (QED) is 0.773. The Hall–Kier alpha value is -1.06. The van der Waals surface area contributed by atoms with Gasteiger partial charge >= 0.3 is 0 Å². The fraction of sp³-hybridized carbons (Fsp3) is 0.500. The van der Waals surface area contributed by atoms with E-state index in [1.807, 2.05) is 6.07 Å². The third-order valence-corrected chi connectivity index (χ3v) is 2.80. The Morgan fingerprint density at radius 2 is 2.13 bits per heavy atom. The molecule has 82 valence electrons. The van der Waals surface area contributed by atoms with Crippen LogP contribution in [-0.4, -0.2) is 20.3 Å². The Labute approximate surface area is 90.3 Å². The fourth-order valence-corrected chi connectivity index (χ4v) is 2.00. The van der Waals surface area contributed by atoms with Crippen molar-refractivity contribution in [3.8, 4) is 0 Å². The molecule has 1 aromatic carbocycles. The Balaban J connectivity index is 2.09. The molecule has 1 saturated heterocycles. The van der Waals surface area contributed by atoms with Crippen molar-refractivity contribution in [1.82, 2.24) is 0 Å². The second kappa shape index (κ2) is 5.14. The highest BCUT2D eigenvalue weighted by molar-refractivity contribution is 5.44. The molecule has 1 heterocycles. The Morgan fingerprint density at radius 3 is 2.87 bits per heavy atom. The van der Waals surface area contributed by atoms with Crippen LogP contribution in [0.15, 0.2) is 24.3 Å². The molecule has 3 nitrogen and oxygen atoms in total. The molecule has 15 heavy (non-hydrogen) atoms. The van der Waals surface area contributed by atoms with Crippen LogP contribution in [-0.2, 0) is 9.57 Å². The van der Waals surface area contributed by atoms with Gasteiger partial charge in [-0.3, -0.25) is 10.3 Å². The average Bonchev–Trinajstić information content (AvgIpc) is 2.31. The molecular weight excluding hydrogens is 190 g/mol. The largest absolute Gasteiger partial charge is 0.381 e. The normalized spacial score (nSPS) is 17.7. The summed E-state index contributed by atoms with van der Waals surface area (Å²) in [6.07, 6.45) is 2.24. The highest BCUT2D eigenvalue weighted by Crippen LogP contribution is 2.28. The molecule has 0 unspecified atom stereocenters. The van der Waals surface area contributed by atoms with E-state index in [-0.39, 0.29) is 0 Å². The predicted octanol–water partition coefficient (Wildman–Crippen LogP) is 2.55. The average molecular weight is 207 g/mol. The van der Waals surface area contributed by atoms with Crippen LogP contribution in [0, 0.1) is 0 Å². The first-order valence-corrected chi connectivity index (χ1v) is 5.37. The van der Waals surface area contributed by atoms with Crippen molar-refractivity contribution in [2.45, 2.75) is 18.8 Å². The smallest absolute Gasteiger partial charge is 0.0636 e. The molecule has 0 amide bonds. The van der Waals surface area contributed by atoms with E-state index in [0.717, 1.165) is 31.7 Å². The van der Waals surface area contributed by atoms with E-state index in [2.05, 4.69) is 23.7 Å². The van der Waals surface area contributed by atoms with E-state index in [9.17, 15) is 0 Å². The van der Waals surface area contributed by atoms with Crippen molar-refractivity contribution in [2.24, 2.45) is 0 Å². The summed E-state index contributed by atoms with van der Waals surface area (Å²) in [5, 5.41) is 0. The highest BCUT2D eigenvalue weighted by Gasteiger charge is 2.15. The molecule has 0 spiro atoms. The number of ether oxygens (including phenoxy) is 1. The van der Waals surface area contributed by atoms with E-state index in [1.54, 1.807) is 7.11 Å². The fourth-order valence-electron chi connectivity index (χ4n) is 2.00. The zero-order valence-corrected chi connectivity index (χ0v) is 9.03. The molecule has 1 aromatic rings. The maximum Gasteiger partial charge on any atom is 0.0636 e. The van der Waals surface area contributed by atoms with E-state index < -0.39 is 0 Å². The van der Waals surface area contributed by atoms with Crippen LogP contribution >= 0.6 is 0 Å². The van der Waals surface area contributed by atoms with Crippen LogP contribution in [0.4, 0.5) is 5.69 Å². The van der Waals surface area contributed by atoms with Gasteiger partial charge in [0.2, 0.25) is 0 Å². The summed E-state index contributed by atoms with van der Waals surface area (Å²) in [6, 6.07) is 8.40. The molecule has 0 aromatic heterocycles. The number of rotatable bonds is 3. The van der Waals surface area contributed by atoms with Gasteiger partial charge in [0.15, 0.2) is 0 Å². The summed E-state index contributed by atoms with van der Waals surface area (Å²) in [5.74, 6) is 0.636. The summed E-state index contributed by atoms with van der Waals surface area (Å²) < 4.78 is 5.36. The van der Waals surface area contributed by atoms with Gasteiger partial charge in [0, 0.05) is 13.2 Å². The minimum atomic E-state index is 0.636. The van der Waals surface area contributed by atoms with Gasteiger partial charge in [0.25, 0.3) is 0 Å². The van der Waals surface area contributed by atoms with Gasteiger partial charge in [-0.2, -0.15) is 0 Å². The number of hydrogen-bond donors (Lipinski definition) is 1. The van der Waals surface area contributed by atoms with Crippen molar-refractivity contribution >= 4 is 5.69 Å². The zero-order chi connectivity index (χ0) is 10.5. The Morgan fingerprint density at radius 1 is 1.33 bits per heavy atom. The van der Waals surface area contributed by atoms with Gasteiger partial charge in [-0.1, -0.05) is 12.1 Å². The van der Waals surface area contributed by atoms with Crippen molar-refractivity contribution < 1.29 is 9.57 Å². The van der Waals surface area contributed by atoms with Crippen molar-refractivity contribution in [3.05, 3.63) is 29.8 Å². The van der Waals surface area contributed by atoms with Gasteiger partial charge in [-0.25, -0.2) is 0 Å². The molecule has 0 radical (unpaired) electrons. The van der Waals surface area contributed by atoms with E-state index in [0.29, 0.717) is 5.92 Å². The first kappa shape index (κ1) is 10.5. The van der Waals surface area contributed by atoms with E-state index in [1.165, 1.54) is 5.56 Å². The Bertz CT molecular complexity index is 308. The first-order chi connectivity index (χ1) is 7.40. The van der Waals surface area contributed by atoms with Crippen LogP contribution in [0.2, 0.25) is 0 Å². The SMILES string of the molecule is CONc1cccc(C2CCOCC2)c1. The summed E-state index contributed by atoms with van der Waals surface area (Å²) >= 11 is 0. The number of anilines is 1. The lowest BCUT2D eigenvalue weighted by molar-refractivity contribution is 0.0853. The van der Waals surface area contributed by atoms with Gasteiger partial charge in [0.1, 0.15) is 0 Å². The molecule has 0 saturated carbocycles. The van der Waals surface area contributed by atoms with Crippen LogP contribution in [0.1, 0.15) is 24.3 Å². The third-order valence-electron chi connectivity index (χ3n) is 2.80. The molecule has 0 aliphatic carbocycles. The minimum Gasteiger partial charge on any atom is -0.381 e. The second-order valence-electron chi connectivity index (χ2n) is 3.82. The van der Waals surface area contributed by atoms with Crippen LogP contribution in [0.3, 0.4) is 0 Å². The topological polar surface area (TPSA) is 30.5 Å². The molecule has 1 aliphatic heterocycles. The number of hydrogen-bond acceptors (Lipinski definition) is 3. The maximum absolute atomic E-state index is 5.36. The van der Waals surface area contributed by atoms with Gasteiger partial charge in [-0.15, -0.1) is 0 Å². The van der Waals surface area contributed by atoms with E-state index in [4.69, 9.17) is 9.57 Å². The summed E-state index contributed by atoms with van der Waals surface area (Å²) in [7, 11) is 1.63. The zero-order valence-electron chi connectivity index (χ0n) is 9.03. The highest BCUT2D eigenvalue weighted by atomic mass is 16.6. The summed E-state index contributed by atoms with van der Waals surface area (Å²) in [5.41, 5.74) is 5.25. The molecule has 1 N–H and O–H groups in total. The van der Waals surface area contributed by atoms with Crippen LogP contribution < -0.4 is 5.48 Å². The van der Waals surface area contributed by atoms with Crippen LogP contribution in [0.5, 0.6) is 0 Å². The molecule has 2 rings (SSSR count). The molecular formula is C12H17NO2. The minimum absolute atomic E-state index is 0.636. The van der Waals surface area contributed by atoms with Crippen molar-refractivity contribution in [3.63, 3.8) is 0 Å². The summed E-state index contributed by atoms with van der Waals surface area (Å²) in [6.45, 7) is 1.76. The van der Waals surface area contributed by atoms with Gasteiger partial charge < -0.3 is 4.74 Å². The second-order valence-corrected chi connectivity index (χ2v) is 3.82. The molecule has 0 bridgehead atoms. The van der Waals surface area contributed by atoms with E-state index >= 15 is 0 Å². The lowest BCUT2D eigenvalue weighted by atomic mass is 9.91. The third kappa shape index (κ3) is 2.70. The summed E-state index contributed by atoms with van der Waals surface area (Å²) in [4.78, 5) is 4.90. The van der Waals surface area contributed by atoms with Gasteiger partial charge in [-0.05, 0) is 36.5 Å². The van der Waals surface area contributed by atoms with Crippen molar-refractivity contribution in [2.75, 3.05) is 25.8 Å². The molecule has 1 aliphatic rings. The molecule has 3 heteroatoms. The van der Waals surface area contributed by atoms with Crippen LogP contribution in [0.25, 0.3) is 0 Å². The molecule has 1 fully saturated rings. The Kier molecular flexibility index (Phi) is 3.59. The number of nitrogens with one attached hydrogen (secondary N) is 1. The monoisotopic (exact) mass is 207 g/mol. The number of benzene rings is 1. The lowest BCUT2D eigenvalue weighted by Gasteiger charge is -2.22. The van der Waals surface area contributed by atoms with Gasteiger partial charge in [0.05, 0.1) is 12.8 Å². The van der Waals surface area contributed by atoms with Crippen molar-refractivity contribution in [1.29, 1.82) is 0 Å². The standard InChI is InChI=1S/C12H17NO2/c1-14-13-12-4-2-3-11(9-12)10-5-7-15-8-6-10/h2-4,9-10,13H,5-8H2,1H3. The molecule has 0 atom stereocenters. The predicted molar refractivity (Wildman–Crippen MR) is 59.9 cm³/mol.